The van der Waals surface area contributed by atoms with Crippen LogP contribution in [0.2, 0.25) is 0 Å². The molecule has 2 aliphatic carbocycles. The van der Waals surface area contributed by atoms with Crippen LogP contribution in [0.5, 0.6) is 0 Å². The summed E-state index contributed by atoms with van der Waals surface area (Å²) in [6, 6.07) is 0. The number of hydrogen-bond acceptors (Lipinski definition) is 2. The smallest absolute Gasteiger partial charge is 0.210 e. The summed E-state index contributed by atoms with van der Waals surface area (Å²) in [6.45, 7) is 3.13. The Hall–Kier alpha value is -0.500. The lowest BCUT2D eigenvalue weighted by atomic mass is 9.84. The van der Waals surface area contributed by atoms with E-state index in [1.165, 1.54) is 56.3 Å². The Labute approximate surface area is 111 Å². The van der Waals surface area contributed by atoms with E-state index in [2.05, 4.69) is 6.92 Å². The minimum absolute atomic E-state index is 0.213. The summed E-state index contributed by atoms with van der Waals surface area (Å²) >= 11 is 0. The zero-order valence-electron chi connectivity index (χ0n) is 11.7. The summed E-state index contributed by atoms with van der Waals surface area (Å²) in [4.78, 5) is 0. The molecule has 1 unspecified atom stereocenters. The molecule has 102 valence electrons. The molecule has 1 heterocycles. The lowest BCUT2D eigenvalue weighted by molar-refractivity contribution is -0.224. The van der Waals surface area contributed by atoms with Gasteiger partial charge in [0, 0.05) is 19.3 Å². The minimum Gasteiger partial charge on any atom is -0.467 e. The molecule has 0 saturated heterocycles. The van der Waals surface area contributed by atoms with Crippen molar-refractivity contribution < 1.29 is 9.47 Å². The number of allylic oxidation sites excluding steroid dienone is 1. The average molecular weight is 250 g/mol. The third kappa shape index (κ3) is 2.45. The van der Waals surface area contributed by atoms with Crippen molar-refractivity contribution in [3.05, 3.63) is 11.3 Å². The van der Waals surface area contributed by atoms with Gasteiger partial charge in [-0.1, -0.05) is 26.2 Å². The fraction of sp³-hybridized carbons (Fsp3) is 0.875. The molecule has 0 N–H and O–H groups in total. The maximum absolute atomic E-state index is 6.25. The van der Waals surface area contributed by atoms with E-state index in [9.17, 15) is 0 Å². The highest BCUT2D eigenvalue weighted by atomic mass is 16.7. The van der Waals surface area contributed by atoms with Crippen LogP contribution in [0.4, 0.5) is 0 Å². The molecule has 0 aromatic heterocycles. The van der Waals surface area contributed by atoms with E-state index in [0.29, 0.717) is 0 Å². The summed E-state index contributed by atoms with van der Waals surface area (Å²) in [5.74, 6) is 1.97. The summed E-state index contributed by atoms with van der Waals surface area (Å²) in [5, 5.41) is 0. The molecule has 2 nitrogen and oxygen atoms in total. The Morgan fingerprint density at radius 3 is 2.89 bits per heavy atom. The monoisotopic (exact) mass is 250 g/mol. The lowest BCUT2D eigenvalue weighted by Crippen LogP contribution is -2.38. The second-order valence-corrected chi connectivity index (χ2v) is 6.29. The second kappa shape index (κ2) is 5.24. The van der Waals surface area contributed by atoms with Crippen molar-refractivity contribution in [2.45, 2.75) is 76.9 Å². The van der Waals surface area contributed by atoms with Gasteiger partial charge in [-0.15, -0.1) is 0 Å². The van der Waals surface area contributed by atoms with Crippen LogP contribution in [0.15, 0.2) is 11.3 Å². The number of rotatable bonds is 3. The first-order valence-corrected chi connectivity index (χ1v) is 7.85. The standard InChI is InChI=1S/C16H26O2/c1-2-3-6-13-7-8-15-14(11-13)12-17-16(18-15)9-4-5-10-16/h13H,2-12H2,1H3. The predicted molar refractivity (Wildman–Crippen MR) is 72.1 cm³/mol. The Kier molecular flexibility index (Phi) is 3.65. The van der Waals surface area contributed by atoms with Crippen molar-refractivity contribution in [3.63, 3.8) is 0 Å². The van der Waals surface area contributed by atoms with Gasteiger partial charge in [0.05, 0.1) is 6.61 Å². The van der Waals surface area contributed by atoms with Crippen LogP contribution in [0.1, 0.15) is 71.1 Å². The van der Waals surface area contributed by atoms with Gasteiger partial charge in [-0.05, 0) is 37.2 Å². The quantitative estimate of drug-likeness (QED) is 0.731. The van der Waals surface area contributed by atoms with Crippen LogP contribution >= 0.6 is 0 Å². The first-order chi connectivity index (χ1) is 8.81. The van der Waals surface area contributed by atoms with E-state index in [4.69, 9.17) is 9.47 Å². The largest absolute Gasteiger partial charge is 0.467 e. The zero-order valence-corrected chi connectivity index (χ0v) is 11.7. The Morgan fingerprint density at radius 2 is 2.11 bits per heavy atom. The highest BCUT2D eigenvalue weighted by Crippen LogP contribution is 2.44. The Bertz CT molecular complexity index is 326. The van der Waals surface area contributed by atoms with Gasteiger partial charge in [0.1, 0.15) is 5.76 Å². The SMILES string of the molecule is CCCCC1CCC2=C(COC3(CCCC3)O2)C1. The van der Waals surface area contributed by atoms with Crippen molar-refractivity contribution in [1.29, 1.82) is 0 Å². The van der Waals surface area contributed by atoms with E-state index in [-0.39, 0.29) is 5.79 Å². The summed E-state index contributed by atoms with van der Waals surface area (Å²) < 4.78 is 12.3. The Balaban J connectivity index is 1.62. The van der Waals surface area contributed by atoms with Gasteiger partial charge in [-0.2, -0.15) is 0 Å². The number of unbranched alkanes of at least 4 members (excludes halogenated alkanes) is 1. The number of hydrogen-bond donors (Lipinski definition) is 0. The van der Waals surface area contributed by atoms with E-state index < -0.39 is 0 Å². The van der Waals surface area contributed by atoms with Crippen molar-refractivity contribution in [2.24, 2.45) is 5.92 Å². The summed E-state index contributed by atoms with van der Waals surface area (Å²) in [7, 11) is 0. The molecule has 0 bridgehead atoms. The normalized spacial score (nSPS) is 30.4. The molecule has 0 amide bonds. The summed E-state index contributed by atoms with van der Waals surface area (Å²) in [6.07, 6.45) is 12.5. The van der Waals surface area contributed by atoms with Crippen molar-refractivity contribution in [1.82, 2.24) is 0 Å². The minimum atomic E-state index is -0.213. The molecule has 1 spiro atoms. The van der Waals surface area contributed by atoms with Gasteiger partial charge in [-0.25, -0.2) is 0 Å². The molecular formula is C16H26O2. The van der Waals surface area contributed by atoms with Gasteiger partial charge in [-0.3, -0.25) is 0 Å². The summed E-state index contributed by atoms with van der Waals surface area (Å²) in [5.41, 5.74) is 1.47. The van der Waals surface area contributed by atoms with Gasteiger partial charge >= 0.3 is 0 Å². The molecule has 2 heteroatoms. The molecule has 1 atom stereocenters. The highest BCUT2D eigenvalue weighted by Gasteiger charge is 2.42. The molecule has 0 aromatic carbocycles. The molecule has 1 fully saturated rings. The average Bonchev–Trinajstić information content (AvgIpc) is 2.84. The maximum Gasteiger partial charge on any atom is 0.210 e. The van der Waals surface area contributed by atoms with Crippen molar-refractivity contribution in [3.8, 4) is 0 Å². The topological polar surface area (TPSA) is 18.5 Å². The van der Waals surface area contributed by atoms with Crippen LogP contribution in [0.3, 0.4) is 0 Å². The fourth-order valence-corrected chi connectivity index (χ4v) is 3.71. The van der Waals surface area contributed by atoms with E-state index in [1.54, 1.807) is 0 Å². The molecular weight excluding hydrogens is 224 g/mol. The first kappa shape index (κ1) is 12.5. The van der Waals surface area contributed by atoms with Gasteiger partial charge in [0.15, 0.2) is 0 Å². The van der Waals surface area contributed by atoms with Crippen LogP contribution in [-0.2, 0) is 9.47 Å². The van der Waals surface area contributed by atoms with Crippen LogP contribution in [0.25, 0.3) is 0 Å². The predicted octanol–water partition coefficient (Wildman–Crippen LogP) is 4.55. The van der Waals surface area contributed by atoms with Crippen LogP contribution < -0.4 is 0 Å². The molecule has 18 heavy (non-hydrogen) atoms. The van der Waals surface area contributed by atoms with E-state index in [0.717, 1.165) is 31.8 Å². The molecule has 0 aromatic rings. The highest BCUT2D eigenvalue weighted by molar-refractivity contribution is 5.17. The molecule has 3 aliphatic rings. The third-order valence-corrected chi connectivity index (χ3v) is 4.86. The van der Waals surface area contributed by atoms with Crippen LogP contribution in [0, 0.1) is 5.92 Å². The van der Waals surface area contributed by atoms with E-state index in [1.807, 2.05) is 0 Å². The lowest BCUT2D eigenvalue weighted by Gasteiger charge is -2.40. The van der Waals surface area contributed by atoms with E-state index >= 15 is 0 Å². The first-order valence-electron chi connectivity index (χ1n) is 7.85. The fourth-order valence-electron chi connectivity index (χ4n) is 3.71. The Morgan fingerprint density at radius 1 is 1.28 bits per heavy atom. The zero-order chi connectivity index (χ0) is 12.4. The second-order valence-electron chi connectivity index (χ2n) is 6.29. The van der Waals surface area contributed by atoms with Gasteiger partial charge in [0.2, 0.25) is 5.79 Å². The number of ether oxygens (including phenoxy) is 2. The molecule has 3 rings (SSSR count). The van der Waals surface area contributed by atoms with Gasteiger partial charge in [0.25, 0.3) is 0 Å². The van der Waals surface area contributed by atoms with Crippen LogP contribution in [-0.4, -0.2) is 12.4 Å². The molecule has 1 saturated carbocycles. The molecule has 1 aliphatic heterocycles. The molecule has 0 radical (unpaired) electrons. The third-order valence-electron chi connectivity index (χ3n) is 4.86. The maximum atomic E-state index is 6.25. The van der Waals surface area contributed by atoms with Crippen molar-refractivity contribution in [2.75, 3.05) is 6.61 Å². The van der Waals surface area contributed by atoms with Gasteiger partial charge < -0.3 is 9.47 Å². The van der Waals surface area contributed by atoms with Crippen molar-refractivity contribution >= 4 is 0 Å².